The molecule has 3 aromatic rings. The van der Waals surface area contributed by atoms with Crippen LogP contribution >= 0.6 is 23.1 Å². The smallest absolute Gasteiger partial charge is 0.288 e. The molecule has 1 saturated heterocycles. The first-order chi connectivity index (χ1) is 14.3. The Bertz CT molecular complexity index is 1130. The van der Waals surface area contributed by atoms with E-state index in [-0.39, 0.29) is 18.2 Å². The number of carbonyl (C=O) groups is 2. The third kappa shape index (κ3) is 4.17. The molecule has 9 heteroatoms. The van der Waals surface area contributed by atoms with Crippen LogP contribution in [0.3, 0.4) is 0 Å². The molecule has 0 saturated carbocycles. The number of nitrogens with zero attached hydrogens (tertiary/aromatic N) is 2. The number of rotatable bonds is 5. The van der Waals surface area contributed by atoms with E-state index >= 15 is 0 Å². The molecule has 1 aromatic heterocycles. The summed E-state index contributed by atoms with van der Waals surface area (Å²) in [4.78, 5) is 31.8. The van der Waals surface area contributed by atoms with Gasteiger partial charge >= 0.3 is 0 Å². The third-order valence-electron chi connectivity index (χ3n) is 5.18. The molecule has 0 unspecified atom stereocenters. The SMILES string of the molecule is Cc1cccc(N2C[C@@H](C(=O)Nc3nc4ccc(SC(F)F)cc4s3)CC2=O)c1C. The van der Waals surface area contributed by atoms with Gasteiger partial charge in [0, 0.05) is 23.5 Å². The number of halogens is 2. The number of nitrogens with one attached hydrogen (secondary N) is 1. The van der Waals surface area contributed by atoms with E-state index < -0.39 is 11.7 Å². The van der Waals surface area contributed by atoms with Gasteiger partial charge in [0.15, 0.2) is 5.13 Å². The van der Waals surface area contributed by atoms with Crippen molar-refractivity contribution < 1.29 is 18.4 Å². The van der Waals surface area contributed by atoms with E-state index in [9.17, 15) is 18.4 Å². The normalized spacial score (nSPS) is 16.6. The van der Waals surface area contributed by atoms with E-state index in [0.29, 0.717) is 33.9 Å². The lowest BCUT2D eigenvalue weighted by atomic mass is 10.1. The minimum atomic E-state index is -2.49. The summed E-state index contributed by atoms with van der Waals surface area (Å²) >= 11 is 1.70. The molecule has 30 heavy (non-hydrogen) atoms. The molecule has 1 N–H and O–H groups in total. The molecular weight excluding hydrogens is 428 g/mol. The molecule has 0 spiro atoms. The second-order valence-corrected chi connectivity index (χ2v) is 9.23. The summed E-state index contributed by atoms with van der Waals surface area (Å²) in [6.07, 6.45) is 0.138. The first-order valence-corrected chi connectivity index (χ1v) is 11.0. The summed E-state index contributed by atoms with van der Waals surface area (Å²) in [6.45, 7) is 4.27. The van der Waals surface area contributed by atoms with Gasteiger partial charge in [0.25, 0.3) is 5.76 Å². The van der Waals surface area contributed by atoms with Crippen molar-refractivity contribution in [2.24, 2.45) is 5.92 Å². The van der Waals surface area contributed by atoms with E-state index in [1.807, 2.05) is 32.0 Å². The molecule has 1 fully saturated rings. The second-order valence-electron chi connectivity index (χ2n) is 7.14. The summed E-state index contributed by atoms with van der Waals surface area (Å²) in [6, 6.07) is 10.7. The fraction of sp³-hybridized carbons (Fsp3) is 0.286. The van der Waals surface area contributed by atoms with Crippen LogP contribution in [0, 0.1) is 19.8 Å². The largest absolute Gasteiger partial charge is 0.311 e. The number of thioether (sulfide) groups is 1. The zero-order valence-corrected chi connectivity index (χ0v) is 17.9. The summed E-state index contributed by atoms with van der Waals surface area (Å²) < 4.78 is 25.8. The highest BCUT2D eigenvalue weighted by molar-refractivity contribution is 7.99. The monoisotopic (exact) mass is 447 g/mol. The molecule has 1 atom stereocenters. The molecule has 5 nitrogen and oxygen atoms in total. The lowest BCUT2D eigenvalue weighted by Gasteiger charge is -2.20. The quantitative estimate of drug-likeness (QED) is 0.545. The molecule has 1 aliphatic heterocycles. The molecule has 0 bridgehead atoms. The van der Waals surface area contributed by atoms with Crippen LogP contribution in [0.4, 0.5) is 19.6 Å². The Balaban J connectivity index is 1.47. The third-order valence-corrected chi connectivity index (χ3v) is 6.82. The van der Waals surface area contributed by atoms with Crippen molar-refractivity contribution in [3.05, 3.63) is 47.5 Å². The number of benzene rings is 2. The fourth-order valence-electron chi connectivity index (χ4n) is 3.49. The van der Waals surface area contributed by atoms with Gasteiger partial charge in [-0.3, -0.25) is 9.59 Å². The Morgan fingerprint density at radius 2 is 2.10 bits per heavy atom. The van der Waals surface area contributed by atoms with Gasteiger partial charge in [0.1, 0.15) is 0 Å². The molecule has 4 rings (SSSR count). The maximum atomic E-state index is 12.8. The number of anilines is 2. The molecular formula is C21H19F2N3O2S2. The van der Waals surface area contributed by atoms with Crippen molar-refractivity contribution in [3.63, 3.8) is 0 Å². The molecule has 156 valence electrons. The van der Waals surface area contributed by atoms with E-state index in [1.165, 1.54) is 11.3 Å². The number of alkyl halides is 2. The molecule has 0 aliphatic carbocycles. The number of hydrogen-bond donors (Lipinski definition) is 1. The number of fused-ring (bicyclic) bond motifs is 1. The van der Waals surface area contributed by atoms with Gasteiger partial charge in [-0.15, -0.1) is 0 Å². The van der Waals surface area contributed by atoms with Crippen molar-refractivity contribution in [1.29, 1.82) is 0 Å². The van der Waals surface area contributed by atoms with E-state index in [2.05, 4.69) is 10.3 Å². The van der Waals surface area contributed by atoms with Crippen molar-refractivity contribution in [2.75, 3.05) is 16.8 Å². The van der Waals surface area contributed by atoms with Gasteiger partial charge in [-0.2, -0.15) is 8.78 Å². The lowest BCUT2D eigenvalue weighted by molar-refractivity contribution is -0.122. The van der Waals surface area contributed by atoms with Crippen LogP contribution in [-0.4, -0.2) is 29.1 Å². The highest BCUT2D eigenvalue weighted by Crippen LogP contribution is 2.34. The van der Waals surface area contributed by atoms with Crippen LogP contribution in [0.2, 0.25) is 0 Å². The van der Waals surface area contributed by atoms with Gasteiger partial charge in [0.2, 0.25) is 11.8 Å². The van der Waals surface area contributed by atoms with Crippen LogP contribution in [0.1, 0.15) is 17.5 Å². The van der Waals surface area contributed by atoms with Crippen LogP contribution in [0.25, 0.3) is 10.2 Å². The number of aromatic nitrogens is 1. The van der Waals surface area contributed by atoms with Gasteiger partial charge in [0.05, 0.1) is 16.1 Å². The highest BCUT2D eigenvalue weighted by atomic mass is 32.2. The summed E-state index contributed by atoms with van der Waals surface area (Å²) in [5, 5.41) is 3.18. The molecule has 2 aromatic carbocycles. The topological polar surface area (TPSA) is 62.3 Å². The lowest BCUT2D eigenvalue weighted by Crippen LogP contribution is -2.28. The Morgan fingerprint density at radius 3 is 2.87 bits per heavy atom. The van der Waals surface area contributed by atoms with Gasteiger partial charge in [-0.05, 0) is 49.2 Å². The number of amides is 2. The predicted molar refractivity (Wildman–Crippen MR) is 116 cm³/mol. The van der Waals surface area contributed by atoms with E-state index in [0.717, 1.165) is 21.5 Å². The van der Waals surface area contributed by atoms with Crippen LogP contribution in [-0.2, 0) is 9.59 Å². The standard InChI is InChI=1S/C21H19F2N3O2S2/c1-11-4-3-5-16(12(11)2)26-10-13(8-18(26)27)19(28)25-21-24-15-7-6-14(29-20(22)23)9-17(15)30-21/h3-7,9,13,20H,8,10H2,1-2H3,(H,24,25,28)/t13-/m0/s1. The minimum Gasteiger partial charge on any atom is -0.311 e. The van der Waals surface area contributed by atoms with Crippen molar-refractivity contribution in [3.8, 4) is 0 Å². The Labute approximate surface area is 180 Å². The van der Waals surface area contributed by atoms with E-state index in [4.69, 9.17) is 0 Å². The average Bonchev–Trinajstić information content (AvgIpc) is 3.26. The van der Waals surface area contributed by atoms with Crippen molar-refractivity contribution >= 4 is 55.9 Å². The summed E-state index contributed by atoms with van der Waals surface area (Å²) in [7, 11) is 0. The minimum absolute atomic E-state index is 0.0817. The van der Waals surface area contributed by atoms with Gasteiger partial charge < -0.3 is 10.2 Å². The van der Waals surface area contributed by atoms with Crippen molar-refractivity contribution in [2.45, 2.75) is 30.9 Å². The highest BCUT2D eigenvalue weighted by Gasteiger charge is 2.36. The Kier molecular flexibility index (Phi) is 5.75. The number of carbonyl (C=O) groups excluding carboxylic acids is 2. The van der Waals surface area contributed by atoms with Gasteiger partial charge in [-0.1, -0.05) is 35.2 Å². The zero-order valence-electron chi connectivity index (χ0n) is 16.3. The fourth-order valence-corrected chi connectivity index (χ4v) is 5.01. The van der Waals surface area contributed by atoms with Crippen LogP contribution in [0.5, 0.6) is 0 Å². The molecule has 2 amide bonds. The first kappa shape index (κ1) is 20.7. The number of hydrogen-bond acceptors (Lipinski definition) is 5. The average molecular weight is 448 g/mol. The zero-order chi connectivity index (χ0) is 21.4. The van der Waals surface area contributed by atoms with Crippen LogP contribution < -0.4 is 10.2 Å². The maximum Gasteiger partial charge on any atom is 0.288 e. The number of aryl methyl sites for hydroxylation is 1. The Morgan fingerprint density at radius 1 is 1.30 bits per heavy atom. The van der Waals surface area contributed by atoms with Crippen molar-refractivity contribution in [1.82, 2.24) is 4.98 Å². The molecule has 1 aliphatic rings. The first-order valence-electron chi connectivity index (χ1n) is 9.34. The molecule has 2 heterocycles. The van der Waals surface area contributed by atoms with Gasteiger partial charge in [-0.25, -0.2) is 4.98 Å². The second kappa shape index (κ2) is 8.31. The summed E-state index contributed by atoms with van der Waals surface area (Å²) in [5.41, 5.74) is 3.58. The Hall–Kier alpha value is -2.52. The predicted octanol–water partition coefficient (Wildman–Crippen LogP) is 5.22. The number of thiazole rings is 1. The van der Waals surface area contributed by atoms with E-state index in [1.54, 1.807) is 23.1 Å². The van der Waals surface area contributed by atoms with Crippen LogP contribution in [0.15, 0.2) is 41.3 Å². The molecule has 0 radical (unpaired) electrons. The summed E-state index contributed by atoms with van der Waals surface area (Å²) in [5.74, 6) is -3.32. The maximum absolute atomic E-state index is 12.8.